The van der Waals surface area contributed by atoms with Crippen LogP contribution in [0.3, 0.4) is 0 Å². The molecule has 1 fully saturated rings. The zero-order chi connectivity index (χ0) is 21.1. The first-order chi connectivity index (χ1) is 13.6. The van der Waals surface area contributed by atoms with Crippen LogP contribution in [0.4, 0.5) is 0 Å². The third-order valence-corrected chi connectivity index (χ3v) is 9.84. The molecule has 1 heterocycles. The number of nitrogens with one attached hydrogen (secondary N) is 1. The lowest BCUT2D eigenvalue weighted by atomic mass is 10.2. The second kappa shape index (κ2) is 8.52. The number of sulfonamides is 2. The minimum Gasteiger partial charge on any atom is -0.229 e. The van der Waals surface area contributed by atoms with Crippen molar-refractivity contribution in [2.45, 2.75) is 22.3 Å². The summed E-state index contributed by atoms with van der Waals surface area (Å²) in [6, 6.07) is 14.7. The molecule has 8 nitrogen and oxygen atoms in total. The van der Waals surface area contributed by atoms with Crippen molar-refractivity contribution < 1.29 is 25.3 Å². The number of nitrogens with zero attached hydrogens (tertiary/aromatic N) is 1. The van der Waals surface area contributed by atoms with Crippen molar-refractivity contribution in [2.75, 3.05) is 24.6 Å². The van der Waals surface area contributed by atoms with Gasteiger partial charge in [-0.2, -0.15) is 4.31 Å². The molecule has 0 saturated carbocycles. The average molecular weight is 459 g/mol. The predicted octanol–water partition coefficient (Wildman–Crippen LogP) is 0.843. The van der Waals surface area contributed by atoms with Crippen molar-refractivity contribution in [3.05, 3.63) is 60.7 Å². The highest BCUT2D eigenvalue weighted by Crippen LogP contribution is 2.24. The summed E-state index contributed by atoms with van der Waals surface area (Å²) in [5.41, 5.74) is 0. The molecule has 3 rings (SSSR count). The van der Waals surface area contributed by atoms with Crippen molar-refractivity contribution in [3.8, 4) is 0 Å². The molecule has 11 heteroatoms. The molecule has 1 saturated heterocycles. The lowest BCUT2D eigenvalue weighted by Crippen LogP contribution is -2.45. The van der Waals surface area contributed by atoms with Gasteiger partial charge in [0.05, 0.1) is 21.3 Å². The van der Waals surface area contributed by atoms with Gasteiger partial charge in [-0.25, -0.2) is 30.0 Å². The first-order valence-electron chi connectivity index (χ1n) is 8.94. The van der Waals surface area contributed by atoms with Crippen LogP contribution < -0.4 is 4.72 Å². The highest BCUT2D eigenvalue weighted by molar-refractivity contribution is 7.92. The molecule has 0 unspecified atom stereocenters. The van der Waals surface area contributed by atoms with Gasteiger partial charge >= 0.3 is 0 Å². The molecule has 0 radical (unpaired) electrons. The topological polar surface area (TPSA) is 118 Å². The summed E-state index contributed by atoms with van der Waals surface area (Å²) in [7, 11) is -11.1. The fourth-order valence-corrected chi connectivity index (χ4v) is 7.75. The highest BCUT2D eigenvalue weighted by atomic mass is 32.2. The number of hydrogen-bond donors (Lipinski definition) is 1. The molecule has 0 amide bonds. The van der Waals surface area contributed by atoms with E-state index in [0.717, 1.165) is 4.31 Å². The van der Waals surface area contributed by atoms with E-state index in [0.29, 0.717) is 0 Å². The molecule has 0 spiro atoms. The van der Waals surface area contributed by atoms with Crippen LogP contribution in [0.1, 0.15) is 6.42 Å². The van der Waals surface area contributed by atoms with E-state index in [1.165, 1.54) is 24.3 Å². The summed E-state index contributed by atoms with van der Waals surface area (Å²) in [4.78, 5) is 0.108. The lowest BCUT2D eigenvalue weighted by molar-refractivity contribution is 0.343. The molecule has 0 aliphatic carbocycles. The minimum absolute atomic E-state index is 0.0372. The van der Waals surface area contributed by atoms with Crippen LogP contribution in [0.5, 0.6) is 0 Å². The minimum atomic E-state index is -3.98. The van der Waals surface area contributed by atoms with Crippen molar-refractivity contribution in [3.63, 3.8) is 0 Å². The van der Waals surface area contributed by atoms with Gasteiger partial charge in [0.25, 0.3) is 0 Å². The van der Waals surface area contributed by atoms with Gasteiger partial charge in [-0.3, -0.25) is 0 Å². The molecule has 2 aromatic carbocycles. The summed E-state index contributed by atoms with van der Waals surface area (Å²) >= 11 is 0. The number of sulfone groups is 1. The van der Waals surface area contributed by atoms with Crippen molar-refractivity contribution >= 4 is 29.9 Å². The standard InChI is InChI=1S/C18H22N2O6S3/c21-27(22)14-11-16(15-27)20(29(25,26)18-9-5-2-6-10-18)13-12-19-28(23,24)17-7-3-1-4-8-17/h1-10,16,19H,11-15H2/t16-/m0/s1. The van der Waals surface area contributed by atoms with Gasteiger partial charge in [0.15, 0.2) is 9.84 Å². The molecule has 0 bridgehead atoms. The van der Waals surface area contributed by atoms with Gasteiger partial charge in [0.1, 0.15) is 0 Å². The Hall–Kier alpha value is -1.79. The summed E-state index contributed by atoms with van der Waals surface area (Å²) in [5.74, 6) is -0.362. The van der Waals surface area contributed by atoms with E-state index in [4.69, 9.17) is 0 Å². The molecule has 158 valence electrons. The van der Waals surface area contributed by atoms with E-state index in [-0.39, 0.29) is 40.8 Å². The monoisotopic (exact) mass is 458 g/mol. The zero-order valence-corrected chi connectivity index (χ0v) is 18.0. The Morgan fingerprint density at radius 1 is 0.897 bits per heavy atom. The third kappa shape index (κ3) is 5.23. The Labute approximate surface area is 171 Å². The predicted molar refractivity (Wildman–Crippen MR) is 109 cm³/mol. The van der Waals surface area contributed by atoms with Crippen molar-refractivity contribution in [1.82, 2.24) is 9.03 Å². The molecule has 29 heavy (non-hydrogen) atoms. The number of rotatable bonds is 8. The first-order valence-corrected chi connectivity index (χ1v) is 13.7. The fraction of sp³-hybridized carbons (Fsp3) is 0.333. The Morgan fingerprint density at radius 2 is 1.45 bits per heavy atom. The lowest BCUT2D eigenvalue weighted by Gasteiger charge is -2.27. The van der Waals surface area contributed by atoms with Crippen LogP contribution >= 0.6 is 0 Å². The summed E-state index contributed by atoms with van der Waals surface area (Å²) in [5, 5.41) is 0. The van der Waals surface area contributed by atoms with Crippen LogP contribution in [-0.2, 0) is 29.9 Å². The summed E-state index contributed by atoms with van der Waals surface area (Å²) < 4.78 is 78.3. The summed E-state index contributed by atoms with van der Waals surface area (Å²) in [6.07, 6.45) is 0.180. The SMILES string of the molecule is O=S1(=O)CC[C@H](N(CCNS(=O)(=O)c2ccccc2)S(=O)(=O)c2ccccc2)C1. The normalized spacial score (nSPS) is 19.4. The molecule has 1 aliphatic rings. The maximum absolute atomic E-state index is 13.1. The second-order valence-corrected chi connectivity index (χ2v) is 12.6. The number of hydrogen-bond acceptors (Lipinski definition) is 6. The maximum Gasteiger partial charge on any atom is 0.243 e. The first kappa shape index (κ1) is 21.9. The average Bonchev–Trinajstić information content (AvgIpc) is 3.05. The summed E-state index contributed by atoms with van der Waals surface area (Å²) in [6.45, 7) is -0.358. The van der Waals surface area contributed by atoms with Gasteiger partial charge in [-0.05, 0) is 30.7 Å². The molecule has 1 atom stereocenters. The van der Waals surface area contributed by atoms with E-state index >= 15 is 0 Å². The molecule has 2 aromatic rings. The maximum atomic E-state index is 13.1. The second-order valence-electron chi connectivity index (χ2n) is 6.70. The van der Waals surface area contributed by atoms with E-state index < -0.39 is 35.9 Å². The van der Waals surface area contributed by atoms with Gasteiger partial charge in [0, 0.05) is 19.1 Å². The smallest absolute Gasteiger partial charge is 0.229 e. The van der Waals surface area contributed by atoms with E-state index in [1.807, 2.05) is 0 Å². The molecular weight excluding hydrogens is 436 g/mol. The van der Waals surface area contributed by atoms with Gasteiger partial charge in [0.2, 0.25) is 20.0 Å². The van der Waals surface area contributed by atoms with Crippen LogP contribution in [0, 0.1) is 0 Å². The molecular formula is C18H22N2O6S3. The number of benzene rings is 2. The molecule has 1 N–H and O–H groups in total. The Morgan fingerprint density at radius 3 is 1.97 bits per heavy atom. The van der Waals surface area contributed by atoms with E-state index in [2.05, 4.69) is 4.72 Å². The zero-order valence-electron chi connectivity index (χ0n) is 15.5. The van der Waals surface area contributed by atoms with Crippen LogP contribution in [0.15, 0.2) is 70.5 Å². The van der Waals surface area contributed by atoms with E-state index in [1.54, 1.807) is 36.4 Å². The molecule has 0 aromatic heterocycles. The van der Waals surface area contributed by atoms with Gasteiger partial charge in [-0.15, -0.1) is 0 Å². The third-order valence-electron chi connectivity index (χ3n) is 4.64. The molecule has 1 aliphatic heterocycles. The van der Waals surface area contributed by atoms with Crippen LogP contribution in [0.2, 0.25) is 0 Å². The van der Waals surface area contributed by atoms with Crippen LogP contribution in [-0.4, -0.2) is 60.2 Å². The van der Waals surface area contributed by atoms with Crippen molar-refractivity contribution in [1.29, 1.82) is 0 Å². The van der Waals surface area contributed by atoms with Crippen molar-refractivity contribution in [2.24, 2.45) is 0 Å². The van der Waals surface area contributed by atoms with E-state index in [9.17, 15) is 25.3 Å². The Kier molecular flexibility index (Phi) is 6.44. The fourth-order valence-electron chi connectivity index (χ4n) is 3.20. The Bertz CT molecular complexity index is 1150. The highest BCUT2D eigenvalue weighted by Gasteiger charge is 2.38. The van der Waals surface area contributed by atoms with Crippen LogP contribution in [0.25, 0.3) is 0 Å². The Balaban J connectivity index is 1.81. The van der Waals surface area contributed by atoms with Gasteiger partial charge in [-0.1, -0.05) is 36.4 Å². The van der Waals surface area contributed by atoms with Gasteiger partial charge < -0.3 is 0 Å². The quantitative estimate of drug-likeness (QED) is 0.626. The largest absolute Gasteiger partial charge is 0.243 e.